The van der Waals surface area contributed by atoms with Gasteiger partial charge in [0.15, 0.2) is 0 Å². The highest BCUT2D eigenvalue weighted by Crippen LogP contribution is 2.00. The van der Waals surface area contributed by atoms with Gasteiger partial charge in [0.25, 0.3) is 0 Å². The van der Waals surface area contributed by atoms with Crippen molar-refractivity contribution in [3.8, 4) is 0 Å². The highest BCUT2D eigenvalue weighted by Gasteiger charge is 1.94. The molecule has 0 radical (unpaired) electrons. The molecule has 0 spiro atoms. The van der Waals surface area contributed by atoms with Gasteiger partial charge in [-0.25, -0.2) is 0 Å². The molecule has 2 N–H and O–H groups in total. The van der Waals surface area contributed by atoms with Crippen molar-refractivity contribution < 1.29 is 9.47 Å². The van der Waals surface area contributed by atoms with Crippen molar-refractivity contribution in [1.82, 2.24) is 10.6 Å². The number of benzene rings is 2. The van der Waals surface area contributed by atoms with Crippen LogP contribution in [0, 0.1) is 0 Å². The lowest BCUT2D eigenvalue weighted by atomic mass is 10.2. The third kappa shape index (κ3) is 8.79. The fourth-order valence-corrected chi connectivity index (χ4v) is 2.24. The van der Waals surface area contributed by atoms with Gasteiger partial charge in [-0.15, -0.1) is 0 Å². The number of rotatable bonds is 13. The summed E-state index contributed by atoms with van der Waals surface area (Å²) in [5.41, 5.74) is 2.43. The minimum atomic E-state index is 0.680. The Hall–Kier alpha value is -1.72. The lowest BCUT2D eigenvalue weighted by Crippen LogP contribution is -2.31. The predicted molar refractivity (Wildman–Crippen MR) is 97.9 cm³/mol. The number of hydrogen-bond donors (Lipinski definition) is 2. The minimum absolute atomic E-state index is 0.680. The lowest BCUT2D eigenvalue weighted by Gasteiger charge is -2.08. The Morgan fingerprint density at radius 1 is 0.542 bits per heavy atom. The molecule has 0 aromatic heterocycles. The van der Waals surface area contributed by atoms with E-state index in [2.05, 4.69) is 34.9 Å². The van der Waals surface area contributed by atoms with Gasteiger partial charge in [-0.2, -0.15) is 0 Å². The van der Waals surface area contributed by atoms with Crippen molar-refractivity contribution in [3.05, 3.63) is 71.8 Å². The lowest BCUT2D eigenvalue weighted by molar-refractivity contribution is 0.120. The first-order chi connectivity index (χ1) is 11.9. The summed E-state index contributed by atoms with van der Waals surface area (Å²) in [5.74, 6) is 0. The number of nitrogens with one attached hydrogen (secondary N) is 2. The van der Waals surface area contributed by atoms with Crippen LogP contribution in [0.4, 0.5) is 0 Å². The highest BCUT2D eigenvalue weighted by atomic mass is 16.5. The molecule has 0 aliphatic carbocycles. The summed E-state index contributed by atoms with van der Waals surface area (Å²) in [6, 6.07) is 20.5. The van der Waals surface area contributed by atoms with E-state index in [0.717, 1.165) is 39.4 Å². The maximum absolute atomic E-state index is 5.62. The van der Waals surface area contributed by atoms with Crippen LogP contribution >= 0.6 is 0 Å². The molecule has 0 fully saturated rings. The Labute approximate surface area is 145 Å². The Morgan fingerprint density at radius 3 is 1.38 bits per heavy atom. The van der Waals surface area contributed by atoms with Crippen LogP contribution in [-0.2, 0) is 22.7 Å². The number of ether oxygens (including phenoxy) is 2. The predicted octanol–water partition coefficient (Wildman–Crippen LogP) is 2.60. The highest BCUT2D eigenvalue weighted by molar-refractivity contribution is 5.14. The Kier molecular flexibility index (Phi) is 9.83. The second-order valence-electron chi connectivity index (χ2n) is 5.58. The van der Waals surface area contributed by atoms with Crippen LogP contribution in [-0.4, -0.2) is 39.4 Å². The van der Waals surface area contributed by atoms with Gasteiger partial charge in [-0.05, 0) is 11.1 Å². The quantitative estimate of drug-likeness (QED) is 0.555. The van der Waals surface area contributed by atoms with Gasteiger partial charge in [-0.3, -0.25) is 0 Å². The largest absolute Gasteiger partial charge is 0.375 e. The molecule has 0 heterocycles. The average Bonchev–Trinajstić information content (AvgIpc) is 2.64. The zero-order valence-electron chi connectivity index (χ0n) is 14.2. The zero-order chi connectivity index (χ0) is 16.7. The monoisotopic (exact) mass is 328 g/mol. The van der Waals surface area contributed by atoms with Crippen LogP contribution in [0.1, 0.15) is 11.1 Å². The summed E-state index contributed by atoms with van der Waals surface area (Å²) in [6.45, 7) is 6.45. The van der Waals surface area contributed by atoms with Crippen molar-refractivity contribution in [3.63, 3.8) is 0 Å². The van der Waals surface area contributed by atoms with Gasteiger partial charge in [0.05, 0.1) is 26.4 Å². The van der Waals surface area contributed by atoms with Crippen LogP contribution in [0.2, 0.25) is 0 Å². The SMILES string of the molecule is c1ccc(COCCNCCNCCOCc2ccccc2)cc1. The van der Waals surface area contributed by atoms with E-state index in [1.807, 2.05) is 36.4 Å². The first kappa shape index (κ1) is 18.6. The van der Waals surface area contributed by atoms with E-state index in [9.17, 15) is 0 Å². The van der Waals surface area contributed by atoms with Crippen molar-refractivity contribution in [2.75, 3.05) is 39.4 Å². The smallest absolute Gasteiger partial charge is 0.0717 e. The van der Waals surface area contributed by atoms with Crippen LogP contribution < -0.4 is 10.6 Å². The van der Waals surface area contributed by atoms with Gasteiger partial charge in [0.2, 0.25) is 0 Å². The van der Waals surface area contributed by atoms with Crippen LogP contribution in [0.15, 0.2) is 60.7 Å². The molecule has 2 rings (SSSR count). The fourth-order valence-electron chi connectivity index (χ4n) is 2.24. The molecule has 0 atom stereocenters. The van der Waals surface area contributed by atoms with Crippen LogP contribution in [0.3, 0.4) is 0 Å². The first-order valence-corrected chi connectivity index (χ1v) is 8.60. The summed E-state index contributed by atoms with van der Waals surface area (Å²) in [5, 5.41) is 6.72. The van der Waals surface area contributed by atoms with Gasteiger partial charge in [-0.1, -0.05) is 60.7 Å². The summed E-state index contributed by atoms with van der Waals surface area (Å²) in [6.07, 6.45) is 0. The van der Waals surface area contributed by atoms with E-state index >= 15 is 0 Å². The first-order valence-electron chi connectivity index (χ1n) is 8.60. The van der Waals surface area contributed by atoms with E-state index in [-0.39, 0.29) is 0 Å². The summed E-state index contributed by atoms with van der Waals surface area (Å²) >= 11 is 0. The van der Waals surface area contributed by atoms with Crippen molar-refractivity contribution in [2.45, 2.75) is 13.2 Å². The maximum Gasteiger partial charge on any atom is 0.0717 e. The molecule has 0 bridgehead atoms. The molecule has 0 aliphatic rings. The van der Waals surface area contributed by atoms with E-state index < -0.39 is 0 Å². The fraction of sp³-hybridized carbons (Fsp3) is 0.400. The van der Waals surface area contributed by atoms with E-state index in [4.69, 9.17) is 9.47 Å². The van der Waals surface area contributed by atoms with E-state index in [1.165, 1.54) is 11.1 Å². The molecule has 0 unspecified atom stereocenters. The molecular formula is C20H28N2O2. The van der Waals surface area contributed by atoms with Gasteiger partial charge >= 0.3 is 0 Å². The van der Waals surface area contributed by atoms with Gasteiger partial charge in [0.1, 0.15) is 0 Å². The van der Waals surface area contributed by atoms with Crippen LogP contribution in [0.25, 0.3) is 0 Å². The Bertz CT molecular complexity index is 470. The molecule has 4 nitrogen and oxygen atoms in total. The third-order valence-electron chi connectivity index (χ3n) is 3.55. The molecule has 0 amide bonds. The minimum Gasteiger partial charge on any atom is -0.375 e. The Balaban J connectivity index is 1.32. The molecular weight excluding hydrogens is 300 g/mol. The number of hydrogen-bond acceptors (Lipinski definition) is 4. The van der Waals surface area contributed by atoms with Crippen molar-refractivity contribution in [2.24, 2.45) is 0 Å². The second kappa shape index (κ2) is 12.7. The molecule has 2 aromatic rings. The van der Waals surface area contributed by atoms with Gasteiger partial charge < -0.3 is 20.1 Å². The molecule has 0 aliphatic heterocycles. The Morgan fingerprint density at radius 2 is 0.958 bits per heavy atom. The molecule has 24 heavy (non-hydrogen) atoms. The second-order valence-corrected chi connectivity index (χ2v) is 5.58. The molecule has 130 valence electrons. The molecule has 2 aromatic carbocycles. The maximum atomic E-state index is 5.62. The third-order valence-corrected chi connectivity index (χ3v) is 3.55. The van der Waals surface area contributed by atoms with Crippen molar-refractivity contribution >= 4 is 0 Å². The van der Waals surface area contributed by atoms with E-state index in [1.54, 1.807) is 0 Å². The summed E-state index contributed by atoms with van der Waals surface area (Å²) < 4.78 is 11.2. The standard InChI is InChI=1S/C20H28N2O2/c1-3-7-19(8-4-1)17-23-15-13-21-11-12-22-14-16-24-18-20-9-5-2-6-10-20/h1-10,21-22H,11-18H2. The molecule has 4 heteroatoms. The van der Waals surface area contributed by atoms with Crippen molar-refractivity contribution in [1.29, 1.82) is 0 Å². The summed E-state index contributed by atoms with van der Waals surface area (Å²) in [4.78, 5) is 0. The van der Waals surface area contributed by atoms with Gasteiger partial charge in [0, 0.05) is 26.2 Å². The van der Waals surface area contributed by atoms with E-state index in [0.29, 0.717) is 13.2 Å². The molecule has 0 saturated heterocycles. The van der Waals surface area contributed by atoms with Crippen LogP contribution in [0.5, 0.6) is 0 Å². The summed E-state index contributed by atoms with van der Waals surface area (Å²) in [7, 11) is 0. The molecule has 0 saturated carbocycles. The average molecular weight is 328 g/mol. The topological polar surface area (TPSA) is 42.5 Å². The normalized spacial score (nSPS) is 10.8. The zero-order valence-corrected chi connectivity index (χ0v) is 14.2.